The van der Waals surface area contributed by atoms with Crippen molar-refractivity contribution in [1.29, 1.82) is 0 Å². The minimum absolute atomic E-state index is 0.0795. The van der Waals surface area contributed by atoms with E-state index in [0.717, 1.165) is 58.3 Å². The summed E-state index contributed by atoms with van der Waals surface area (Å²) >= 11 is 0. The summed E-state index contributed by atoms with van der Waals surface area (Å²) in [5.74, 6) is 0.307. The van der Waals surface area contributed by atoms with Gasteiger partial charge in [0.2, 0.25) is 11.8 Å². The van der Waals surface area contributed by atoms with Crippen molar-refractivity contribution in [3.63, 3.8) is 0 Å². The van der Waals surface area contributed by atoms with E-state index in [-0.39, 0.29) is 29.2 Å². The van der Waals surface area contributed by atoms with Crippen molar-refractivity contribution in [2.75, 3.05) is 26.2 Å². The molecule has 112 valence electrons. The zero-order valence-corrected chi connectivity index (χ0v) is 12.3. The summed E-state index contributed by atoms with van der Waals surface area (Å²) in [6, 6.07) is -0.375. The number of amides is 2. The Labute approximate surface area is 120 Å². The van der Waals surface area contributed by atoms with Crippen LogP contribution in [0, 0.1) is 11.3 Å². The average molecular weight is 279 g/mol. The molecule has 2 aliphatic heterocycles. The van der Waals surface area contributed by atoms with Gasteiger partial charge in [-0.25, -0.2) is 0 Å². The molecule has 2 saturated heterocycles. The molecular formula is C15H25N3O2. The van der Waals surface area contributed by atoms with Gasteiger partial charge in [-0.2, -0.15) is 0 Å². The van der Waals surface area contributed by atoms with Crippen molar-refractivity contribution < 1.29 is 9.59 Å². The van der Waals surface area contributed by atoms with Gasteiger partial charge in [-0.15, -0.1) is 0 Å². The zero-order valence-electron chi connectivity index (χ0n) is 12.3. The molecule has 3 rings (SSSR count). The van der Waals surface area contributed by atoms with Crippen molar-refractivity contribution in [3.8, 4) is 0 Å². The Morgan fingerprint density at radius 1 is 1.25 bits per heavy atom. The predicted molar refractivity (Wildman–Crippen MR) is 76.1 cm³/mol. The van der Waals surface area contributed by atoms with Gasteiger partial charge in [0.15, 0.2) is 0 Å². The maximum absolute atomic E-state index is 12.3. The van der Waals surface area contributed by atoms with Crippen LogP contribution in [-0.2, 0) is 9.59 Å². The maximum Gasteiger partial charge on any atom is 0.244 e. The van der Waals surface area contributed by atoms with Crippen LogP contribution in [0.4, 0.5) is 0 Å². The van der Waals surface area contributed by atoms with E-state index in [9.17, 15) is 9.59 Å². The van der Waals surface area contributed by atoms with E-state index in [1.165, 1.54) is 0 Å². The molecule has 5 heteroatoms. The van der Waals surface area contributed by atoms with Gasteiger partial charge in [0.1, 0.15) is 6.04 Å². The highest BCUT2D eigenvalue weighted by Crippen LogP contribution is 2.58. The van der Waals surface area contributed by atoms with Crippen LogP contribution >= 0.6 is 0 Å². The molecule has 2 unspecified atom stereocenters. The van der Waals surface area contributed by atoms with Crippen LogP contribution in [0.3, 0.4) is 0 Å². The maximum atomic E-state index is 12.3. The molecular weight excluding hydrogens is 254 g/mol. The Hall–Kier alpha value is -1.10. The lowest BCUT2D eigenvalue weighted by molar-refractivity contribution is -0.135. The zero-order chi connectivity index (χ0) is 14.2. The third kappa shape index (κ3) is 2.55. The van der Waals surface area contributed by atoms with Gasteiger partial charge in [0, 0.05) is 19.0 Å². The standard InChI is InChI=1S/C15H25N3O2/c1-11(14(20)18-8-2-3-9-18)17-13(19)12-10-15(12)4-6-16-7-5-15/h11-12,16H,2-10H2,1H3,(H,17,19). The number of rotatable bonds is 3. The fourth-order valence-corrected chi connectivity index (χ4v) is 3.78. The topological polar surface area (TPSA) is 61.4 Å². The van der Waals surface area contributed by atoms with Crippen LogP contribution in [0.2, 0.25) is 0 Å². The number of hydrogen-bond acceptors (Lipinski definition) is 3. The summed E-state index contributed by atoms with van der Waals surface area (Å²) < 4.78 is 0. The largest absolute Gasteiger partial charge is 0.344 e. The molecule has 1 spiro atoms. The summed E-state index contributed by atoms with van der Waals surface area (Å²) in [7, 11) is 0. The van der Waals surface area contributed by atoms with E-state index in [1.54, 1.807) is 0 Å². The number of likely N-dealkylation sites (tertiary alicyclic amines) is 1. The van der Waals surface area contributed by atoms with E-state index in [2.05, 4.69) is 10.6 Å². The molecule has 0 aromatic heterocycles. The third-order valence-electron chi connectivity index (χ3n) is 5.25. The van der Waals surface area contributed by atoms with Gasteiger partial charge in [-0.3, -0.25) is 9.59 Å². The molecule has 2 atom stereocenters. The summed E-state index contributed by atoms with van der Waals surface area (Å²) in [6.45, 7) is 5.55. The number of nitrogens with zero attached hydrogens (tertiary/aromatic N) is 1. The molecule has 5 nitrogen and oxygen atoms in total. The van der Waals surface area contributed by atoms with Crippen LogP contribution in [0.1, 0.15) is 39.0 Å². The Balaban J connectivity index is 1.50. The van der Waals surface area contributed by atoms with Gasteiger partial charge < -0.3 is 15.5 Å². The molecule has 1 saturated carbocycles. The van der Waals surface area contributed by atoms with Gasteiger partial charge in [-0.1, -0.05) is 0 Å². The van der Waals surface area contributed by atoms with E-state index >= 15 is 0 Å². The first-order valence-electron chi connectivity index (χ1n) is 7.92. The quantitative estimate of drug-likeness (QED) is 0.791. The predicted octanol–water partition coefficient (Wildman–Crippen LogP) is 0.503. The second-order valence-corrected chi connectivity index (χ2v) is 6.63. The van der Waals surface area contributed by atoms with E-state index in [0.29, 0.717) is 0 Å². The summed E-state index contributed by atoms with van der Waals surface area (Å²) in [5.41, 5.74) is 0.242. The van der Waals surface area contributed by atoms with E-state index < -0.39 is 0 Å². The minimum Gasteiger partial charge on any atom is -0.344 e. The highest BCUT2D eigenvalue weighted by atomic mass is 16.2. The Bertz CT molecular complexity index is 398. The fraction of sp³-hybridized carbons (Fsp3) is 0.867. The van der Waals surface area contributed by atoms with Gasteiger partial charge >= 0.3 is 0 Å². The summed E-state index contributed by atoms with van der Waals surface area (Å²) in [6.07, 6.45) is 5.38. The molecule has 20 heavy (non-hydrogen) atoms. The molecule has 0 aromatic rings. The first-order chi connectivity index (χ1) is 9.62. The molecule has 0 bridgehead atoms. The van der Waals surface area contributed by atoms with E-state index in [4.69, 9.17) is 0 Å². The second kappa shape index (κ2) is 5.35. The Morgan fingerprint density at radius 3 is 2.55 bits per heavy atom. The highest BCUT2D eigenvalue weighted by molar-refractivity contribution is 5.89. The lowest BCUT2D eigenvalue weighted by atomic mass is 9.91. The summed E-state index contributed by atoms with van der Waals surface area (Å²) in [5, 5.41) is 6.28. The third-order valence-corrected chi connectivity index (χ3v) is 5.25. The van der Waals surface area contributed by atoms with E-state index in [1.807, 2.05) is 11.8 Å². The van der Waals surface area contributed by atoms with Crippen LogP contribution < -0.4 is 10.6 Å². The van der Waals surface area contributed by atoms with Crippen LogP contribution in [0.15, 0.2) is 0 Å². The SMILES string of the molecule is CC(NC(=O)C1CC12CCNCC2)C(=O)N1CCCC1. The van der Waals surface area contributed by atoms with Crippen molar-refractivity contribution in [2.24, 2.45) is 11.3 Å². The van der Waals surface area contributed by atoms with Crippen LogP contribution in [-0.4, -0.2) is 48.9 Å². The lowest BCUT2D eigenvalue weighted by Gasteiger charge is -2.24. The van der Waals surface area contributed by atoms with Crippen LogP contribution in [0.5, 0.6) is 0 Å². The molecule has 0 radical (unpaired) electrons. The van der Waals surface area contributed by atoms with Crippen molar-refractivity contribution in [1.82, 2.24) is 15.5 Å². The molecule has 3 aliphatic rings. The minimum atomic E-state index is -0.375. The summed E-state index contributed by atoms with van der Waals surface area (Å²) in [4.78, 5) is 26.4. The molecule has 2 amide bonds. The molecule has 1 aliphatic carbocycles. The Kier molecular flexibility index (Phi) is 3.71. The number of carbonyl (C=O) groups is 2. The van der Waals surface area contributed by atoms with Crippen molar-refractivity contribution in [3.05, 3.63) is 0 Å². The monoisotopic (exact) mass is 279 g/mol. The Morgan fingerprint density at radius 2 is 1.90 bits per heavy atom. The number of piperidine rings is 1. The van der Waals surface area contributed by atoms with Gasteiger partial charge in [0.25, 0.3) is 0 Å². The number of carbonyl (C=O) groups excluding carboxylic acids is 2. The lowest BCUT2D eigenvalue weighted by Crippen LogP contribution is -2.47. The molecule has 2 N–H and O–H groups in total. The van der Waals surface area contributed by atoms with Crippen LogP contribution in [0.25, 0.3) is 0 Å². The normalized spacial score (nSPS) is 29.2. The average Bonchev–Trinajstić information content (AvgIpc) is 2.91. The second-order valence-electron chi connectivity index (χ2n) is 6.63. The fourth-order valence-electron chi connectivity index (χ4n) is 3.78. The first kappa shape index (κ1) is 13.9. The molecule has 3 fully saturated rings. The van der Waals surface area contributed by atoms with Gasteiger partial charge in [-0.05, 0) is 57.5 Å². The van der Waals surface area contributed by atoms with Crippen molar-refractivity contribution in [2.45, 2.75) is 45.1 Å². The van der Waals surface area contributed by atoms with Crippen molar-refractivity contribution >= 4 is 11.8 Å². The smallest absolute Gasteiger partial charge is 0.244 e. The first-order valence-corrected chi connectivity index (χ1v) is 7.92. The number of hydrogen-bond donors (Lipinski definition) is 2. The molecule has 0 aromatic carbocycles. The number of nitrogens with one attached hydrogen (secondary N) is 2. The highest BCUT2D eigenvalue weighted by Gasteiger charge is 2.57. The molecule has 2 heterocycles. The van der Waals surface area contributed by atoms with Gasteiger partial charge in [0.05, 0.1) is 0 Å².